The van der Waals surface area contributed by atoms with E-state index in [1.54, 1.807) is 0 Å². The molecule has 1 saturated heterocycles. The first kappa shape index (κ1) is 20.3. The molecule has 3 nitrogen and oxygen atoms in total. The van der Waals surface area contributed by atoms with Crippen molar-refractivity contribution in [3.63, 3.8) is 0 Å². The summed E-state index contributed by atoms with van der Waals surface area (Å²) in [5.74, 6) is 5.99. The molecular formula is C26H40O3. The predicted molar refractivity (Wildman–Crippen MR) is 114 cm³/mol. The third-order valence-corrected chi connectivity index (χ3v) is 10.7. The lowest BCUT2D eigenvalue weighted by atomic mass is 9.43. The normalized spacial score (nSPS) is 53.6. The van der Waals surface area contributed by atoms with Gasteiger partial charge in [-0.1, -0.05) is 13.8 Å². The van der Waals surface area contributed by atoms with Crippen LogP contribution in [0.4, 0.5) is 0 Å². The van der Waals surface area contributed by atoms with Gasteiger partial charge in [-0.2, -0.15) is 0 Å². The summed E-state index contributed by atoms with van der Waals surface area (Å²) in [6.45, 7) is 8.82. The van der Waals surface area contributed by atoms with Gasteiger partial charge in [0.2, 0.25) is 0 Å². The largest absolute Gasteiger partial charge is 0.389 e. The van der Waals surface area contributed by atoms with E-state index in [-0.39, 0.29) is 5.79 Å². The summed E-state index contributed by atoms with van der Waals surface area (Å²) in [6, 6.07) is 0. The maximum Gasteiger partial charge on any atom is 0.169 e. The SMILES string of the molecule is C#CC[C@@]1(O)CC[C@@]2(C)[C@H](CC[C@@H]3[C@@H]2CC[C@]2(C)[C@@H](C4(C)OCCO4)CC[C@@H]32)C1. The van der Waals surface area contributed by atoms with E-state index >= 15 is 0 Å². The molecule has 0 aromatic heterocycles. The van der Waals surface area contributed by atoms with Crippen molar-refractivity contribution in [1.29, 1.82) is 0 Å². The molecule has 1 N–H and O–H groups in total. The summed E-state index contributed by atoms with van der Waals surface area (Å²) in [7, 11) is 0. The Labute approximate surface area is 177 Å². The fourth-order valence-electron chi connectivity index (χ4n) is 9.27. The van der Waals surface area contributed by atoms with Crippen molar-refractivity contribution in [3.8, 4) is 12.3 Å². The number of aliphatic hydroxyl groups is 1. The number of ether oxygens (including phenoxy) is 2. The van der Waals surface area contributed by atoms with E-state index in [0.717, 1.165) is 50.2 Å². The first-order chi connectivity index (χ1) is 13.7. The molecule has 29 heavy (non-hydrogen) atoms. The molecule has 0 bridgehead atoms. The van der Waals surface area contributed by atoms with E-state index in [2.05, 4.69) is 26.7 Å². The van der Waals surface area contributed by atoms with E-state index in [1.165, 1.54) is 38.5 Å². The summed E-state index contributed by atoms with van der Waals surface area (Å²) in [4.78, 5) is 0. The molecule has 1 aliphatic heterocycles. The Balaban J connectivity index is 1.38. The van der Waals surface area contributed by atoms with Gasteiger partial charge in [0.05, 0.1) is 18.8 Å². The molecule has 0 unspecified atom stereocenters. The highest BCUT2D eigenvalue weighted by Gasteiger charge is 2.64. The summed E-state index contributed by atoms with van der Waals surface area (Å²) < 4.78 is 12.3. The van der Waals surface area contributed by atoms with Crippen molar-refractivity contribution in [2.45, 2.75) is 96.4 Å². The zero-order valence-corrected chi connectivity index (χ0v) is 18.7. The van der Waals surface area contributed by atoms with E-state index in [9.17, 15) is 5.11 Å². The van der Waals surface area contributed by atoms with Gasteiger partial charge in [-0.3, -0.25) is 0 Å². The lowest BCUT2D eigenvalue weighted by Crippen LogP contribution is -2.57. The summed E-state index contributed by atoms with van der Waals surface area (Å²) in [5, 5.41) is 11.0. The minimum Gasteiger partial charge on any atom is -0.389 e. The van der Waals surface area contributed by atoms with Crippen LogP contribution in [-0.2, 0) is 9.47 Å². The van der Waals surface area contributed by atoms with Gasteiger partial charge in [0.1, 0.15) is 0 Å². The number of terminal acetylenes is 1. The quantitative estimate of drug-likeness (QED) is 0.651. The lowest BCUT2D eigenvalue weighted by Gasteiger charge is -2.62. The van der Waals surface area contributed by atoms with Crippen LogP contribution in [0.2, 0.25) is 0 Å². The molecule has 0 aromatic carbocycles. The fourth-order valence-corrected chi connectivity index (χ4v) is 9.27. The van der Waals surface area contributed by atoms with Crippen LogP contribution in [0.3, 0.4) is 0 Å². The molecule has 5 aliphatic rings. The third kappa shape index (κ3) is 2.89. The summed E-state index contributed by atoms with van der Waals surface area (Å²) in [6.07, 6.45) is 16.9. The van der Waals surface area contributed by atoms with Gasteiger partial charge in [-0.25, -0.2) is 0 Å². The second-order valence-electron chi connectivity index (χ2n) is 11.9. The van der Waals surface area contributed by atoms with Crippen molar-refractivity contribution >= 4 is 0 Å². The average Bonchev–Trinajstić information content (AvgIpc) is 3.26. The zero-order chi connectivity index (χ0) is 20.5. The van der Waals surface area contributed by atoms with Crippen molar-refractivity contribution in [2.75, 3.05) is 13.2 Å². The summed E-state index contributed by atoms with van der Waals surface area (Å²) in [5.41, 5.74) is 0.120. The number of fused-ring (bicyclic) bond motifs is 5. The van der Waals surface area contributed by atoms with Gasteiger partial charge in [0, 0.05) is 12.3 Å². The highest BCUT2D eigenvalue weighted by molar-refractivity contribution is 5.13. The van der Waals surface area contributed by atoms with Crippen molar-refractivity contribution in [2.24, 2.45) is 40.4 Å². The predicted octanol–water partition coefficient (Wildman–Crippen LogP) is 5.16. The number of hydrogen-bond acceptors (Lipinski definition) is 3. The Morgan fingerprint density at radius 1 is 0.897 bits per heavy atom. The van der Waals surface area contributed by atoms with Crippen LogP contribution in [0.5, 0.6) is 0 Å². The molecule has 1 heterocycles. The highest BCUT2D eigenvalue weighted by Crippen LogP contribution is 2.69. The molecule has 0 amide bonds. The van der Waals surface area contributed by atoms with Gasteiger partial charge in [-0.05, 0) is 99.2 Å². The highest BCUT2D eigenvalue weighted by atomic mass is 16.7. The molecule has 0 spiro atoms. The van der Waals surface area contributed by atoms with Crippen LogP contribution in [0.15, 0.2) is 0 Å². The smallest absolute Gasteiger partial charge is 0.169 e. The molecule has 0 aromatic rings. The van der Waals surface area contributed by atoms with Gasteiger partial charge in [0.15, 0.2) is 5.79 Å². The Bertz CT molecular complexity index is 691. The Kier molecular flexibility index (Phi) is 4.71. The second-order valence-corrected chi connectivity index (χ2v) is 11.9. The number of rotatable bonds is 2. The van der Waals surface area contributed by atoms with Gasteiger partial charge in [-0.15, -0.1) is 12.3 Å². The van der Waals surface area contributed by atoms with Crippen LogP contribution in [0.25, 0.3) is 0 Å². The van der Waals surface area contributed by atoms with Gasteiger partial charge in [0.25, 0.3) is 0 Å². The first-order valence-corrected chi connectivity index (χ1v) is 12.2. The van der Waals surface area contributed by atoms with Crippen LogP contribution >= 0.6 is 0 Å². The van der Waals surface area contributed by atoms with Gasteiger partial charge >= 0.3 is 0 Å². The van der Waals surface area contributed by atoms with Crippen molar-refractivity contribution < 1.29 is 14.6 Å². The maximum absolute atomic E-state index is 11.0. The van der Waals surface area contributed by atoms with Crippen LogP contribution < -0.4 is 0 Å². The summed E-state index contributed by atoms with van der Waals surface area (Å²) >= 11 is 0. The molecule has 0 radical (unpaired) electrons. The van der Waals surface area contributed by atoms with Crippen molar-refractivity contribution in [3.05, 3.63) is 0 Å². The molecule has 8 atom stereocenters. The monoisotopic (exact) mass is 400 g/mol. The maximum atomic E-state index is 11.0. The molecule has 5 rings (SSSR count). The van der Waals surface area contributed by atoms with E-state index in [0.29, 0.717) is 29.1 Å². The molecule has 5 fully saturated rings. The minimum atomic E-state index is -0.612. The molecule has 4 aliphatic carbocycles. The van der Waals surface area contributed by atoms with Crippen LogP contribution in [0, 0.1) is 52.8 Å². The van der Waals surface area contributed by atoms with E-state index < -0.39 is 5.60 Å². The Morgan fingerprint density at radius 2 is 1.62 bits per heavy atom. The Hall–Kier alpha value is -0.560. The minimum absolute atomic E-state index is 0.350. The lowest BCUT2D eigenvalue weighted by molar-refractivity contribution is -0.220. The van der Waals surface area contributed by atoms with Crippen LogP contribution in [-0.4, -0.2) is 29.7 Å². The fraction of sp³-hybridized carbons (Fsp3) is 0.923. The number of hydrogen-bond donors (Lipinski definition) is 1. The van der Waals surface area contributed by atoms with E-state index in [1.807, 2.05) is 0 Å². The van der Waals surface area contributed by atoms with E-state index in [4.69, 9.17) is 15.9 Å². The molecule has 4 saturated carbocycles. The molecular weight excluding hydrogens is 360 g/mol. The zero-order valence-electron chi connectivity index (χ0n) is 18.7. The Morgan fingerprint density at radius 3 is 2.34 bits per heavy atom. The van der Waals surface area contributed by atoms with Crippen LogP contribution in [0.1, 0.15) is 85.0 Å². The first-order valence-electron chi connectivity index (χ1n) is 12.2. The second kappa shape index (κ2) is 6.72. The molecule has 162 valence electrons. The average molecular weight is 401 g/mol. The molecule has 3 heteroatoms. The topological polar surface area (TPSA) is 38.7 Å². The van der Waals surface area contributed by atoms with Crippen molar-refractivity contribution in [1.82, 2.24) is 0 Å². The standard InChI is InChI=1S/C26H40O3/c1-5-11-26(27)14-13-23(2)18(17-26)6-7-19-20-8-9-22(25(4)28-15-16-29-25)24(20,3)12-10-21(19)23/h1,18-22,27H,6-17H2,2-4H3/t18-,19+,20+,21+,22+,23+,24+,26-/m1/s1. The van der Waals surface area contributed by atoms with Gasteiger partial charge < -0.3 is 14.6 Å². The third-order valence-electron chi connectivity index (χ3n) is 10.7.